The summed E-state index contributed by atoms with van der Waals surface area (Å²) >= 11 is 0. The lowest BCUT2D eigenvalue weighted by atomic mass is 9.93. The van der Waals surface area contributed by atoms with Crippen molar-refractivity contribution < 1.29 is 14.7 Å². The fraction of sp³-hybridized carbons (Fsp3) is 0.300. The summed E-state index contributed by atoms with van der Waals surface area (Å²) in [6.45, 7) is 0.798. The van der Waals surface area contributed by atoms with Gasteiger partial charge in [-0.15, -0.1) is 0 Å². The number of hydrogen-bond acceptors (Lipinski definition) is 3. The lowest BCUT2D eigenvalue weighted by Crippen LogP contribution is -2.40. The maximum absolute atomic E-state index is 11.9. The highest BCUT2D eigenvalue weighted by Gasteiger charge is 2.15. The Kier molecular flexibility index (Phi) is 7.66. The van der Waals surface area contributed by atoms with Crippen LogP contribution in [0.5, 0.6) is 0 Å². The molecule has 0 spiro atoms. The molecule has 1 unspecified atom stereocenters. The van der Waals surface area contributed by atoms with Crippen LogP contribution in [-0.4, -0.2) is 30.1 Å². The molecule has 0 aliphatic heterocycles. The lowest BCUT2D eigenvalue weighted by molar-refractivity contribution is -0.139. The summed E-state index contributed by atoms with van der Waals surface area (Å²) in [5.41, 5.74) is 2.06. The molecule has 0 saturated heterocycles. The van der Waals surface area contributed by atoms with Crippen molar-refractivity contribution in [3.05, 3.63) is 71.8 Å². The molecule has 2 rings (SSSR count). The third kappa shape index (κ3) is 6.39. The molecule has 0 heterocycles. The minimum absolute atomic E-state index is 0.0884. The Hall–Kier alpha value is -2.66. The summed E-state index contributed by atoms with van der Waals surface area (Å²) in [7, 11) is 0. The van der Waals surface area contributed by atoms with Gasteiger partial charge in [0.1, 0.15) is 0 Å². The molecule has 2 amide bonds. The fourth-order valence-electron chi connectivity index (χ4n) is 2.66. The second-order valence-corrected chi connectivity index (χ2v) is 5.83. The zero-order valence-electron chi connectivity index (χ0n) is 14.2. The molecule has 0 bridgehead atoms. The number of carbonyl (C=O) groups excluding carboxylic acids is 2. The maximum atomic E-state index is 11.9. The molecular formula is C20H24N2O3. The summed E-state index contributed by atoms with van der Waals surface area (Å²) in [6, 6.07) is 19.3. The second kappa shape index (κ2) is 10.3. The van der Waals surface area contributed by atoms with Crippen molar-refractivity contribution in [1.29, 1.82) is 0 Å². The predicted molar refractivity (Wildman–Crippen MR) is 96.8 cm³/mol. The highest BCUT2D eigenvalue weighted by atomic mass is 16.3. The number of benzene rings is 2. The molecule has 132 valence electrons. The number of rotatable bonds is 8. The molecule has 3 N–H and O–H groups in total. The summed E-state index contributed by atoms with van der Waals surface area (Å²) in [5.74, 6) is -1.12. The van der Waals surface area contributed by atoms with E-state index in [1.807, 2.05) is 60.7 Å². The van der Waals surface area contributed by atoms with Gasteiger partial charge in [-0.3, -0.25) is 9.59 Å². The first kappa shape index (κ1) is 18.7. The van der Waals surface area contributed by atoms with Crippen LogP contribution in [0.2, 0.25) is 0 Å². The van der Waals surface area contributed by atoms with E-state index in [9.17, 15) is 14.7 Å². The molecule has 1 atom stereocenters. The van der Waals surface area contributed by atoms with Gasteiger partial charge in [-0.05, 0) is 29.9 Å². The molecule has 0 saturated carbocycles. The van der Waals surface area contributed by atoms with Crippen LogP contribution in [0.15, 0.2) is 60.7 Å². The number of aliphatic hydroxyl groups excluding tert-OH is 1. The summed E-state index contributed by atoms with van der Waals surface area (Å²) in [4.78, 5) is 23.7. The van der Waals surface area contributed by atoms with E-state index in [4.69, 9.17) is 0 Å². The van der Waals surface area contributed by atoms with Gasteiger partial charge in [0, 0.05) is 19.7 Å². The van der Waals surface area contributed by atoms with Crippen LogP contribution in [0.3, 0.4) is 0 Å². The second-order valence-electron chi connectivity index (χ2n) is 5.83. The van der Waals surface area contributed by atoms with E-state index in [-0.39, 0.29) is 12.5 Å². The first-order valence-electron chi connectivity index (χ1n) is 8.46. The molecule has 5 heteroatoms. The van der Waals surface area contributed by atoms with Crippen LogP contribution < -0.4 is 10.6 Å². The van der Waals surface area contributed by atoms with E-state index >= 15 is 0 Å². The molecule has 0 aliphatic carbocycles. The van der Waals surface area contributed by atoms with E-state index in [0.29, 0.717) is 25.9 Å². The third-order valence-corrected chi connectivity index (χ3v) is 4.03. The van der Waals surface area contributed by atoms with Gasteiger partial charge in [-0.1, -0.05) is 60.7 Å². The summed E-state index contributed by atoms with van der Waals surface area (Å²) in [5, 5.41) is 14.5. The average molecular weight is 340 g/mol. The van der Waals surface area contributed by atoms with Crippen molar-refractivity contribution in [2.45, 2.75) is 25.3 Å². The molecule has 0 aliphatic rings. The first-order chi connectivity index (χ1) is 12.2. The van der Waals surface area contributed by atoms with Crippen LogP contribution in [0.1, 0.15) is 29.9 Å². The van der Waals surface area contributed by atoms with Crippen molar-refractivity contribution in [1.82, 2.24) is 10.6 Å². The predicted octanol–water partition coefficient (Wildman–Crippen LogP) is 1.98. The van der Waals surface area contributed by atoms with Crippen LogP contribution in [0, 0.1) is 0 Å². The molecule has 0 radical (unpaired) electrons. The van der Waals surface area contributed by atoms with E-state index < -0.39 is 11.8 Å². The van der Waals surface area contributed by atoms with E-state index in [1.165, 1.54) is 0 Å². The average Bonchev–Trinajstić information content (AvgIpc) is 2.66. The van der Waals surface area contributed by atoms with Crippen molar-refractivity contribution in [2.24, 2.45) is 0 Å². The highest BCUT2D eigenvalue weighted by Crippen LogP contribution is 2.22. The molecule has 0 aromatic heterocycles. The highest BCUT2D eigenvalue weighted by molar-refractivity contribution is 6.35. The topological polar surface area (TPSA) is 78.4 Å². The zero-order valence-corrected chi connectivity index (χ0v) is 14.2. The Morgan fingerprint density at radius 2 is 1.44 bits per heavy atom. The van der Waals surface area contributed by atoms with Crippen LogP contribution in [0.25, 0.3) is 0 Å². The van der Waals surface area contributed by atoms with Gasteiger partial charge in [-0.2, -0.15) is 0 Å². The standard InChI is InChI=1S/C20H24N2O3/c23-14-12-18(17-9-5-2-6-10-17)11-13-21-19(24)20(25)22-15-16-7-3-1-4-8-16/h1-10,18,23H,11-15H2,(H,21,24)(H,22,25). The van der Waals surface area contributed by atoms with Gasteiger partial charge >= 0.3 is 11.8 Å². The van der Waals surface area contributed by atoms with Gasteiger partial charge in [-0.25, -0.2) is 0 Å². The zero-order chi connectivity index (χ0) is 17.9. The quantitative estimate of drug-likeness (QED) is 0.643. The third-order valence-electron chi connectivity index (χ3n) is 4.03. The molecule has 25 heavy (non-hydrogen) atoms. The van der Waals surface area contributed by atoms with Crippen LogP contribution in [-0.2, 0) is 16.1 Å². The van der Waals surface area contributed by atoms with E-state index in [0.717, 1.165) is 11.1 Å². The number of carbonyl (C=O) groups is 2. The normalized spacial score (nSPS) is 11.6. The van der Waals surface area contributed by atoms with Gasteiger partial charge < -0.3 is 15.7 Å². The van der Waals surface area contributed by atoms with Gasteiger partial charge in [0.25, 0.3) is 0 Å². The van der Waals surface area contributed by atoms with Crippen molar-refractivity contribution in [3.63, 3.8) is 0 Å². The SMILES string of the molecule is O=C(NCCC(CCO)c1ccccc1)C(=O)NCc1ccccc1. The number of aliphatic hydroxyl groups is 1. The number of nitrogens with one attached hydrogen (secondary N) is 2. The lowest BCUT2D eigenvalue weighted by Gasteiger charge is -2.16. The van der Waals surface area contributed by atoms with Crippen LogP contribution >= 0.6 is 0 Å². The van der Waals surface area contributed by atoms with Crippen LogP contribution in [0.4, 0.5) is 0 Å². The minimum Gasteiger partial charge on any atom is -0.396 e. The Balaban J connectivity index is 1.75. The smallest absolute Gasteiger partial charge is 0.309 e. The van der Waals surface area contributed by atoms with E-state index in [1.54, 1.807) is 0 Å². The van der Waals surface area contributed by atoms with Crippen molar-refractivity contribution in [3.8, 4) is 0 Å². The number of hydrogen-bond donors (Lipinski definition) is 3. The molecule has 5 nitrogen and oxygen atoms in total. The Morgan fingerprint density at radius 3 is 2.08 bits per heavy atom. The van der Waals surface area contributed by atoms with Crippen molar-refractivity contribution in [2.75, 3.05) is 13.2 Å². The van der Waals surface area contributed by atoms with Gasteiger partial charge in [0.15, 0.2) is 0 Å². The Labute approximate surface area is 148 Å². The van der Waals surface area contributed by atoms with Crippen molar-refractivity contribution >= 4 is 11.8 Å². The van der Waals surface area contributed by atoms with Gasteiger partial charge in [0.2, 0.25) is 0 Å². The Morgan fingerprint density at radius 1 is 0.840 bits per heavy atom. The molecule has 2 aromatic carbocycles. The number of amides is 2. The van der Waals surface area contributed by atoms with E-state index in [2.05, 4.69) is 10.6 Å². The Bertz CT molecular complexity index is 659. The van der Waals surface area contributed by atoms with Gasteiger partial charge in [0.05, 0.1) is 0 Å². The monoisotopic (exact) mass is 340 g/mol. The fourth-order valence-corrected chi connectivity index (χ4v) is 2.66. The minimum atomic E-state index is -0.637. The molecule has 0 fully saturated rings. The molecule has 2 aromatic rings. The first-order valence-corrected chi connectivity index (χ1v) is 8.46. The molecular weight excluding hydrogens is 316 g/mol. The summed E-state index contributed by atoms with van der Waals surface area (Å²) < 4.78 is 0. The summed E-state index contributed by atoms with van der Waals surface area (Å²) in [6.07, 6.45) is 1.29. The largest absolute Gasteiger partial charge is 0.396 e. The maximum Gasteiger partial charge on any atom is 0.309 e.